The van der Waals surface area contributed by atoms with Gasteiger partial charge in [0.15, 0.2) is 0 Å². The number of likely N-dealkylation sites (tertiary alicyclic amines) is 1. The van der Waals surface area contributed by atoms with E-state index in [4.69, 9.17) is 23.2 Å². The van der Waals surface area contributed by atoms with E-state index >= 15 is 0 Å². The SMILES string of the molecule is CC(C)C[C@@H]1NC(=O)[C@@H](N(C)C(=O)[C@H](C)NC(=O)[C@@H]2C[C@@H](F)CN2C(=O)C2(C(F)(F)F)CC3(CCC3)C2)CCCCNC(=O)C(C)(C)NC(=O)[C@H](Cc2cc(Cl)ccc2Cl)N(C)C1=O. The van der Waals surface area contributed by atoms with Gasteiger partial charge in [0.25, 0.3) is 0 Å². The summed E-state index contributed by atoms with van der Waals surface area (Å²) in [7, 11) is 2.71. The third-order valence-electron chi connectivity index (χ3n) is 13.4. The van der Waals surface area contributed by atoms with Gasteiger partial charge in [-0.1, -0.05) is 43.5 Å². The van der Waals surface area contributed by atoms with Crippen molar-refractivity contribution in [3.63, 3.8) is 0 Å². The van der Waals surface area contributed by atoms with Crippen LogP contribution in [0.25, 0.3) is 0 Å². The van der Waals surface area contributed by atoms with E-state index in [2.05, 4.69) is 21.3 Å². The Kier molecular flexibility index (Phi) is 15.7. The lowest BCUT2D eigenvalue weighted by Gasteiger charge is -2.60. The van der Waals surface area contributed by atoms with Crippen LogP contribution in [-0.4, -0.2) is 131 Å². The first-order valence-electron chi connectivity index (χ1n) is 21.9. The minimum Gasteiger partial charge on any atom is -0.354 e. The Morgan fingerprint density at radius 3 is 2.25 bits per heavy atom. The number of alkyl halides is 4. The molecule has 356 valence electrons. The second-order valence-electron chi connectivity index (χ2n) is 19.2. The van der Waals surface area contributed by atoms with Crippen molar-refractivity contribution in [3.8, 4) is 0 Å². The number of carbonyl (C=O) groups is 7. The maximum absolute atomic E-state index is 14.9. The Morgan fingerprint density at radius 1 is 1.00 bits per heavy atom. The normalized spacial score (nSPS) is 26.9. The second-order valence-corrected chi connectivity index (χ2v) is 20.1. The van der Waals surface area contributed by atoms with E-state index in [1.165, 1.54) is 39.8 Å². The molecule has 2 heterocycles. The summed E-state index contributed by atoms with van der Waals surface area (Å²) < 4.78 is 58.5. The van der Waals surface area contributed by atoms with Crippen LogP contribution >= 0.6 is 23.2 Å². The molecule has 6 atom stereocenters. The summed E-state index contributed by atoms with van der Waals surface area (Å²) in [4.78, 5) is 101. The molecule has 2 aliphatic carbocycles. The highest BCUT2D eigenvalue weighted by Gasteiger charge is 2.73. The summed E-state index contributed by atoms with van der Waals surface area (Å²) in [6, 6.07) is -2.01. The zero-order chi connectivity index (χ0) is 47.7. The molecule has 64 heavy (non-hydrogen) atoms. The van der Waals surface area contributed by atoms with Gasteiger partial charge in [-0.3, -0.25) is 33.6 Å². The molecule has 2 saturated heterocycles. The number of nitrogens with zero attached hydrogens (tertiary/aromatic N) is 3. The van der Waals surface area contributed by atoms with E-state index in [-0.39, 0.29) is 43.2 Å². The predicted molar refractivity (Wildman–Crippen MR) is 230 cm³/mol. The van der Waals surface area contributed by atoms with Crippen molar-refractivity contribution in [2.45, 2.75) is 153 Å². The molecule has 4 aliphatic rings. The van der Waals surface area contributed by atoms with E-state index in [1.54, 1.807) is 18.2 Å². The van der Waals surface area contributed by atoms with Crippen molar-refractivity contribution in [1.82, 2.24) is 36.0 Å². The fraction of sp³-hybridized carbons (Fsp3) is 0.705. The van der Waals surface area contributed by atoms with Gasteiger partial charge < -0.3 is 36.0 Å². The van der Waals surface area contributed by atoms with Crippen LogP contribution in [-0.2, 0) is 40.0 Å². The Hall–Kier alpha value is -4.19. The summed E-state index contributed by atoms with van der Waals surface area (Å²) in [5.74, 6) is -5.87. The number of amides is 7. The number of nitrogens with one attached hydrogen (secondary N) is 4. The van der Waals surface area contributed by atoms with Gasteiger partial charge >= 0.3 is 6.18 Å². The minimum absolute atomic E-state index is 0.0362. The average molecular weight is 947 g/mol. The number of rotatable bonds is 9. The highest BCUT2D eigenvalue weighted by atomic mass is 35.5. The van der Waals surface area contributed by atoms with Crippen molar-refractivity contribution in [2.75, 3.05) is 27.2 Å². The molecule has 0 unspecified atom stereocenters. The molecule has 5 rings (SSSR count). The van der Waals surface area contributed by atoms with Crippen LogP contribution in [0.5, 0.6) is 0 Å². The topological polar surface area (TPSA) is 177 Å². The zero-order valence-corrected chi connectivity index (χ0v) is 38.9. The molecule has 14 nitrogen and oxygen atoms in total. The first-order chi connectivity index (χ1) is 29.7. The lowest BCUT2D eigenvalue weighted by Crippen LogP contribution is -2.66. The highest BCUT2D eigenvalue weighted by Crippen LogP contribution is 2.69. The van der Waals surface area contributed by atoms with Crippen LogP contribution in [0.2, 0.25) is 10.0 Å². The molecule has 0 radical (unpaired) electrons. The van der Waals surface area contributed by atoms with E-state index < -0.39 is 126 Å². The largest absolute Gasteiger partial charge is 0.403 e. The van der Waals surface area contributed by atoms with Crippen molar-refractivity contribution >= 4 is 64.6 Å². The number of halogens is 6. The maximum Gasteiger partial charge on any atom is 0.403 e. The monoisotopic (exact) mass is 945 g/mol. The smallest absolute Gasteiger partial charge is 0.354 e. The van der Waals surface area contributed by atoms with Gasteiger partial charge in [0.1, 0.15) is 47.3 Å². The van der Waals surface area contributed by atoms with Gasteiger partial charge in [0, 0.05) is 43.5 Å². The zero-order valence-electron chi connectivity index (χ0n) is 37.4. The molecular weight excluding hydrogens is 885 g/mol. The lowest BCUT2D eigenvalue weighted by atomic mass is 9.44. The van der Waals surface area contributed by atoms with Crippen LogP contribution < -0.4 is 21.3 Å². The first-order valence-corrected chi connectivity index (χ1v) is 22.7. The molecule has 1 aromatic rings. The molecule has 0 aromatic heterocycles. The van der Waals surface area contributed by atoms with Crippen LogP contribution in [0.3, 0.4) is 0 Å². The summed E-state index contributed by atoms with van der Waals surface area (Å²) in [5, 5.41) is 11.4. The molecule has 2 aliphatic heterocycles. The lowest BCUT2D eigenvalue weighted by molar-refractivity contribution is -0.285. The third-order valence-corrected chi connectivity index (χ3v) is 14.0. The molecule has 2 saturated carbocycles. The van der Waals surface area contributed by atoms with Crippen molar-refractivity contribution < 1.29 is 51.1 Å². The standard InChI is InChI=1S/C44H61Cl2F4N7O7/c1-24(2)17-30-38(62)56(7)32(19-26-18-27(45)12-13-29(26)46)36(60)54-41(4,5)39(63)51-16-9-8-11-31(34(58)53-30)55(6)37(61)25(3)52-35(59)33-20-28(47)21-57(33)40(64)43(44(48,49)50)22-42(23-43)14-10-15-42/h12-13,18,24-25,28,30-33H,8-11,14-17,19-23H2,1-7H3,(H,51,63)(H,52,59)(H,53,58)(H,54,60)/t25-,28+,30-,31-,32-,33-/m0/s1. The molecule has 4 N–H and O–H groups in total. The number of carbonyl (C=O) groups excluding carboxylic acids is 7. The summed E-state index contributed by atoms with van der Waals surface area (Å²) in [6.45, 7) is 7.43. The molecule has 7 amide bonds. The summed E-state index contributed by atoms with van der Waals surface area (Å²) >= 11 is 12.8. The Morgan fingerprint density at radius 2 is 1.66 bits per heavy atom. The number of hydrogen-bond acceptors (Lipinski definition) is 7. The fourth-order valence-electron chi connectivity index (χ4n) is 9.60. The number of benzene rings is 1. The molecule has 1 spiro atoms. The molecule has 1 aromatic carbocycles. The van der Waals surface area contributed by atoms with Crippen LogP contribution in [0.1, 0.15) is 104 Å². The minimum atomic E-state index is -4.91. The fourth-order valence-corrected chi connectivity index (χ4v) is 9.99. The van der Waals surface area contributed by atoms with Gasteiger partial charge in [0.2, 0.25) is 41.4 Å². The Balaban J connectivity index is 1.37. The molecular formula is C44H61Cl2F4N7O7. The average Bonchev–Trinajstić information content (AvgIpc) is 3.57. The van der Waals surface area contributed by atoms with Gasteiger partial charge in [-0.2, -0.15) is 13.2 Å². The molecule has 4 fully saturated rings. The second kappa shape index (κ2) is 19.7. The van der Waals surface area contributed by atoms with E-state index in [1.807, 2.05) is 13.8 Å². The number of likely N-dealkylation sites (N-methyl/N-ethyl adjacent to an activating group) is 2. The highest BCUT2D eigenvalue weighted by molar-refractivity contribution is 6.33. The van der Waals surface area contributed by atoms with Crippen molar-refractivity contribution in [3.05, 3.63) is 33.8 Å². The Bertz CT molecular complexity index is 1970. The first kappa shape index (κ1) is 50.8. The molecule has 20 heteroatoms. The van der Waals surface area contributed by atoms with E-state index in [9.17, 15) is 51.1 Å². The van der Waals surface area contributed by atoms with E-state index in [0.717, 1.165) is 11.3 Å². The van der Waals surface area contributed by atoms with Crippen molar-refractivity contribution in [1.29, 1.82) is 0 Å². The van der Waals surface area contributed by atoms with Crippen LogP contribution in [0.4, 0.5) is 17.6 Å². The number of hydrogen-bond donors (Lipinski definition) is 4. The van der Waals surface area contributed by atoms with E-state index in [0.29, 0.717) is 34.7 Å². The van der Waals surface area contributed by atoms with Gasteiger partial charge in [0.05, 0.1) is 6.54 Å². The third kappa shape index (κ3) is 10.9. The van der Waals surface area contributed by atoms with Gasteiger partial charge in [-0.05, 0) is 107 Å². The van der Waals surface area contributed by atoms with Crippen molar-refractivity contribution in [2.24, 2.45) is 16.7 Å². The predicted octanol–water partition coefficient (Wildman–Crippen LogP) is 4.87. The summed E-state index contributed by atoms with van der Waals surface area (Å²) in [6.07, 6.45) is -5.49. The van der Waals surface area contributed by atoms with Crippen LogP contribution in [0.15, 0.2) is 18.2 Å². The molecule has 0 bridgehead atoms. The quantitative estimate of drug-likeness (QED) is 0.256. The van der Waals surface area contributed by atoms with Gasteiger partial charge in [-0.25, -0.2) is 4.39 Å². The van der Waals surface area contributed by atoms with Gasteiger partial charge in [-0.15, -0.1) is 0 Å². The summed E-state index contributed by atoms with van der Waals surface area (Å²) in [5.41, 5.74) is -4.28. The maximum atomic E-state index is 14.9. The Labute approximate surface area is 381 Å². The van der Waals surface area contributed by atoms with Crippen LogP contribution in [0, 0.1) is 16.7 Å².